The van der Waals surface area contributed by atoms with Crippen molar-refractivity contribution in [1.29, 1.82) is 0 Å². The number of nitrogens with zero attached hydrogens (tertiary/aromatic N) is 2. The van der Waals surface area contributed by atoms with Gasteiger partial charge in [0, 0.05) is 0 Å². The molecular weight excluding hydrogens is 256 g/mol. The van der Waals surface area contributed by atoms with Crippen LogP contribution in [-0.4, -0.2) is 42.0 Å². The summed E-state index contributed by atoms with van der Waals surface area (Å²) in [6.45, 7) is 9.64. The van der Waals surface area contributed by atoms with Crippen LogP contribution in [0.2, 0.25) is 0 Å². The van der Waals surface area contributed by atoms with E-state index in [1.54, 1.807) is 0 Å². The largest absolute Gasteiger partial charge is 0.264 e. The van der Waals surface area contributed by atoms with E-state index in [0.717, 1.165) is 0 Å². The lowest BCUT2D eigenvalue weighted by molar-refractivity contribution is -0.514. The van der Waals surface area contributed by atoms with E-state index in [2.05, 4.69) is 29.7 Å². The second-order valence-electron chi connectivity index (χ2n) is 6.72. The van der Waals surface area contributed by atoms with Gasteiger partial charge in [0.05, 0.1) is 13.1 Å². The van der Waals surface area contributed by atoms with Crippen LogP contribution < -0.4 is 0 Å². The minimum absolute atomic E-state index is 1.25. The Balaban J connectivity index is 1.95. The summed E-state index contributed by atoms with van der Waals surface area (Å²) < 4.78 is 2.54. The average Bonchev–Trinajstić information content (AvgIpc) is 2.94. The highest BCUT2D eigenvalue weighted by Gasteiger charge is 2.17. The maximum absolute atomic E-state index is 2.54. The first kappa shape index (κ1) is 18.5. The second kappa shape index (κ2) is 13.2. The summed E-state index contributed by atoms with van der Waals surface area (Å²) in [7, 11) is 0. The van der Waals surface area contributed by atoms with Crippen LogP contribution in [-0.2, 0) is 0 Å². The Labute approximate surface area is 133 Å². The molecule has 0 radical (unpaired) electrons. The van der Waals surface area contributed by atoms with Crippen LogP contribution in [0.25, 0.3) is 0 Å². The average molecular weight is 296 g/mol. The van der Waals surface area contributed by atoms with Crippen LogP contribution in [0.1, 0.15) is 90.9 Å². The van der Waals surface area contributed by atoms with E-state index in [-0.39, 0.29) is 0 Å². The van der Waals surface area contributed by atoms with Crippen LogP contribution in [0.15, 0.2) is 0 Å². The van der Waals surface area contributed by atoms with Crippen molar-refractivity contribution in [3.63, 3.8) is 0 Å². The molecule has 1 rings (SSSR count). The zero-order chi connectivity index (χ0) is 15.2. The summed E-state index contributed by atoms with van der Waals surface area (Å²) in [5, 5.41) is 0. The highest BCUT2D eigenvalue weighted by Crippen LogP contribution is 2.08. The fraction of sp³-hybridized carbons (Fsp3) is 0.947. The van der Waals surface area contributed by atoms with E-state index in [1.807, 2.05) is 0 Å². The molecular formula is C19H39N2+. The molecule has 124 valence electrons. The fourth-order valence-electron chi connectivity index (χ4n) is 3.13. The second-order valence-corrected chi connectivity index (χ2v) is 6.72. The van der Waals surface area contributed by atoms with Crippen molar-refractivity contribution in [3.8, 4) is 0 Å². The smallest absolute Gasteiger partial charge is 0.234 e. The molecule has 0 unspecified atom stereocenters. The molecule has 0 fully saturated rings. The van der Waals surface area contributed by atoms with Crippen molar-refractivity contribution >= 4 is 6.34 Å². The first-order valence-corrected chi connectivity index (χ1v) is 9.70. The number of hydrogen-bond acceptors (Lipinski definition) is 1. The maximum Gasteiger partial charge on any atom is 0.234 e. The van der Waals surface area contributed by atoms with Crippen LogP contribution in [0.5, 0.6) is 0 Å². The Bertz CT molecular complexity index is 260. The van der Waals surface area contributed by atoms with Crippen LogP contribution in [0.4, 0.5) is 0 Å². The minimum atomic E-state index is 1.25. The van der Waals surface area contributed by atoms with Gasteiger partial charge in [-0.2, -0.15) is 0 Å². The van der Waals surface area contributed by atoms with Gasteiger partial charge in [0.1, 0.15) is 13.1 Å². The number of unbranched alkanes of at least 4 members (excludes halogenated alkanes) is 10. The predicted octanol–water partition coefficient (Wildman–Crippen LogP) is 5.06. The van der Waals surface area contributed by atoms with Gasteiger partial charge in [-0.05, 0) is 25.7 Å². The third-order valence-electron chi connectivity index (χ3n) is 4.60. The topological polar surface area (TPSA) is 6.25 Å². The Hall–Kier alpha value is -0.530. The molecule has 2 heteroatoms. The molecule has 0 bridgehead atoms. The molecule has 0 amide bonds. The predicted molar refractivity (Wildman–Crippen MR) is 94.4 cm³/mol. The SMILES string of the molecule is CCCCCCCCN1C=[N+](CCCCCCCC)CC1. The summed E-state index contributed by atoms with van der Waals surface area (Å²) in [6, 6.07) is 0. The zero-order valence-electron chi connectivity index (χ0n) is 14.8. The molecule has 1 aliphatic rings. The van der Waals surface area contributed by atoms with Gasteiger partial charge in [-0.25, -0.2) is 0 Å². The molecule has 1 aliphatic heterocycles. The molecule has 0 saturated carbocycles. The monoisotopic (exact) mass is 295 g/mol. The Morgan fingerprint density at radius 3 is 2.00 bits per heavy atom. The fourth-order valence-corrected chi connectivity index (χ4v) is 3.13. The van der Waals surface area contributed by atoms with Gasteiger partial charge in [0.25, 0.3) is 0 Å². The lowest BCUT2D eigenvalue weighted by Crippen LogP contribution is -2.20. The van der Waals surface area contributed by atoms with E-state index in [4.69, 9.17) is 0 Å². The highest BCUT2D eigenvalue weighted by atomic mass is 15.3. The first-order chi connectivity index (χ1) is 10.4. The van der Waals surface area contributed by atoms with Crippen molar-refractivity contribution in [2.24, 2.45) is 0 Å². The van der Waals surface area contributed by atoms with Gasteiger partial charge in [-0.15, -0.1) is 0 Å². The molecule has 0 aliphatic carbocycles. The highest BCUT2D eigenvalue weighted by molar-refractivity contribution is 5.50. The summed E-state index contributed by atoms with van der Waals surface area (Å²) in [5.41, 5.74) is 0. The van der Waals surface area contributed by atoms with Crippen molar-refractivity contribution in [1.82, 2.24) is 4.90 Å². The number of hydrogen-bond donors (Lipinski definition) is 0. The maximum atomic E-state index is 2.54. The standard InChI is InChI=1S/C19H39N2/c1-3-5-7-9-11-13-15-20-17-18-21(19-20)16-14-12-10-8-6-4-2/h19H,3-18H2,1-2H3/q+1. The third kappa shape index (κ3) is 9.92. The van der Waals surface area contributed by atoms with Crippen molar-refractivity contribution in [3.05, 3.63) is 0 Å². The Morgan fingerprint density at radius 1 is 0.762 bits per heavy atom. The van der Waals surface area contributed by atoms with E-state index in [1.165, 1.54) is 103 Å². The summed E-state index contributed by atoms with van der Waals surface area (Å²) in [6.07, 6.45) is 19.3. The molecule has 0 aromatic carbocycles. The molecule has 0 atom stereocenters. The van der Waals surface area contributed by atoms with E-state index >= 15 is 0 Å². The van der Waals surface area contributed by atoms with Gasteiger partial charge in [0.15, 0.2) is 0 Å². The van der Waals surface area contributed by atoms with Crippen molar-refractivity contribution in [2.75, 3.05) is 26.2 Å². The molecule has 2 nitrogen and oxygen atoms in total. The quantitative estimate of drug-likeness (QED) is 0.320. The van der Waals surface area contributed by atoms with Crippen LogP contribution in [0, 0.1) is 0 Å². The van der Waals surface area contributed by atoms with Gasteiger partial charge in [-0.3, -0.25) is 9.48 Å². The molecule has 0 N–H and O–H groups in total. The molecule has 0 aromatic heterocycles. The van der Waals surface area contributed by atoms with Gasteiger partial charge in [0.2, 0.25) is 6.34 Å². The Morgan fingerprint density at radius 2 is 1.33 bits per heavy atom. The number of rotatable bonds is 14. The van der Waals surface area contributed by atoms with E-state index in [0.29, 0.717) is 0 Å². The molecule has 21 heavy (non-hydrogen) atoms. The Kier molecular flexibility index (Phi) is 11.6. The van der Waals surface area contributed by atoms with Gasteiger partial charge < -0.3 is 0 Å². The van der Waals surface area contributed by atoms with Gasteiger partial charge >= 0.3 is 0 Å². The summed E-state index contributed by atoms with van der Waals surface area (Å²) in [4.78, 5) is 2.54. The van der Waals surface area contributed by atoms with Crippen molar-refractivity contribution < 1.29 is 4.58 Å². The van der Waals surface area contributed by atoms with Gasteiger partial charge in [-0.1, -0.05) is 65.2 Å². The lowest BCUT2D eigenvalue weighted by atomic mass is 10.1. The molecule has 0 spiro atoms. The summed E-state index contributed by atoms with van der Waals surface area (Å²) in [5.74, 6) is 0. The molecule has 0 aromatic rings. The molecule has 1 heterocycles. The third-order valence-corrected chi connectivity index (χ3v) is 4.60. The van der Waals surface area contributed by atoms with E-state index < -0.39 is 0 Å². The van der Waals surface area contributed by atoms with Crippen molar-refractivity contribution in [2.45, 2.75) is 90.9 Å². The van der Waals surface area contributed by atoms with Crippen LogP contribution in [0.3, 0.4) is 0 Å². The first-order valence-electron chi connectivity index (χ1n) is 9.70. The van der Waals surface area contributed by atoms with E-state index in [9.17, 15) is 0 Å². The normalized spacial score (nSPS) is 14.8. The summed E-state index contributed by atoms with van der Waals surface area (Å²) >= 11 is 0. The van der Waals surface area contributed by atoms with Crippen LogP contribution >= 0.6 is 0 Å². The lowest BCUT2D eigenvalue weighted by Gasteiger charge is -2.06. The zero-order valence-corrected chi connectivity index (χ0v) is 14.8. The minimum Gasteiger partial charge on any atom is -0.264 e. The molecule has 0 saturated heterocycles.